The summed E-state index contributed by atoms with van der Waals surface area (Å²) in [5.41, 5.74) is 5.05. The number of hydrogen-bond donors (Lipinski definition) is 2. The summed E-state index contributed by atoms with van der Waals surface area (Å²) < 4.78 is 43.4. The van der Waals surface area contributed by atoms with Gasteiger partial charge in [0, 0.05) is 26.2 Å². The van der Waals surface area contributed by atoms with Crippen molar-refractivity contribution >= 4 is 0 Å². The van der Waals surface area contributed by atoms with Crippen molar-refractivity contribution in [3.63, 3.8) is 0 Å². The molecule has 0 aliphatic heterocycles. The maximum Gasteiger partial charge on any atom is 0.416 e. The van der Waals surface area contributed by atoms with Crippen molar-refractivity contribution in [2.45, 2.75) is 12.2 Å². The van der Waals surface area contributed by atoms with E-state index in [4.69, 9.17) is 10.5 Å². The number of alkyl halides is 3. The Balaban J connectivity index is 2.91. The molecule has 1 rings (SSSR count). The summed E-state index contributed by atoms with van der Waals surface area (Å²) in [5, 5.41) is 2.95. The molecule has 0 amide bonds. The predicted octanol–water partition coefficient (Wildman–Crippen LogP) is 1.94. The Morgan fingerprint density at radius 3 is 2.56 bits per heavy atom. The first-order valence-corrected chi connectivity index (χ1v) is 5.59. The van der Waals surface area contributed by atoms with Crippen molar-refractivity contribution in [1.82, 2.24) is 5.32 Å². The van der Waals surface area contributed by atoms with Crippen molar-refractivity contribution in [3.8, 4) is 0 Å². The third-order valence-electron chi connectivity index (χ3n) is 2.57. The van der Waals surface area contributed by atoms with Crippen LogP contribution in [0.15, 0.2) is 24.3 Å². The van der Waals surface area contributed by atoms with E-state index >= 15 is 0 Å². The molecule has 0 saturated heterocycles. The molecule has 1 aromatic rings. The van der Waals surface area contributed by atoms with Crippen LogP contribution >= 0.6 is 0 Å². The van der Waals surface area contributed by atoms with Gasteiger partial charge in [-0.1, -0.05) is 18.2 Å². The fraction of sp³-hybridized carbons (Fsp3) is 0.500. The summed E-state index contributed by atoms with van der Waals surface area (Å²) in [6, 6.07) is 4.93. The summed E-state index contributed by atoms with van der Waals surface area (Å²) >= 11 is 0. The molecule has 3 nitrogen and oxygen atoms in total. The first kappa shape index (κ1) is 14.9. The Morgan fingerprint density at radius 1 is 1.33 bits per heavy atom. The van der Waals surface area contributed by atoms with Crippen LogP contribution in [0.25, 0.3) is 0 Å². The average Bonchev–Trinajstić information content (AvgIpc) is 2.34. The van der Waals surface area contributed by atoms with Crippen molar-refractivity contribution < 1.29 is 17.9 Å². The zero-order chi connectivity index (χ0) is 13.6. The van der Waals surface area contributed by atoms with Gasteiger partial charge in [0.1, 0.15) is 0 Å². The lowest BCUT2D eigenvalue weighted by Gasteiger charge is -2.21. The molecule has 1 unspecified atom stereocenters. The van der Waals surface area contributed by atoms with Crippen molar-refractivity contribution in [2.24, 2.45) is 5.73 Å². The summed E-state index contributed by atoms with van der Waals surface area (Å²) in [6.45, 7) is 0.964. The lowest BCUT2D eigenvalue weighted by Crippen LogP contribution is -2.32. The molecule has 3 N–H and O–H groups in total. The zero-order valence-corrected chi connectivity index (χ0v) is 10.1. The van der Waals surface area contributed by atoms with Gasteiger partial charge in [-0.2, -0.15) is 13.2 Å². The highest BCUT2D eigenvalue weighted by molar-refractivity contribution is 5.32. The monoisotopic (exact) mass is 262 g/mol. The minimum Gasteiger partial charge on any atom is -0.383 e. The number of benzene rings is 1. The van der Waals surface area contributed by atoms with E-state index in [2.05, 4.69) is 5.32 Å². The summed E-state index contributed by atoms with van der Waals surface area (Å²) in [5.74, 6) is 0. The average molecular weight is 262 g/mol. The van der Waals surface area contributed by atoms with Gasteiger partial charge in [-0.3, -0.25) is 0 Å². The molecule has 102 valence electrons. The number of nitrogens with one attached hydrogen (secondary N) is 1. The lowest BCUT2D eigenvalue weighted by atomic mass is 10.00. The highest BCUT2D eigenvalue weighted by Crippen LogP contribution is 2.34. The first-order chi connectivity index (χ1) is 8.50. The molecule has 0 aromatic heterocycles. The van der Waals surface area contributed by atoms with E-state index in [0.717, 1.165) is 6.07 Å². The van der Waals surface area contributed by atoms with Crippen LogP contribution in [0.2, 0.25) is 0 Å². The first-order valence-electron chi connectivity index (χ1n) is 5.59. The van der Waals surface area contributed by atoms with E-state index in [1.165, 1.54) is 19.2 Å². The Kier molecular flexibility index (Phi) is 5.58. The van der Waals surface area contributed by atoms with Gasteiger partial charge in [0.05, 0.1) is 12.2 Å². The van der Waals surface area contributed by atoms with E-state index in [-0.39, 0.29) is 12.1 Å². The molecule has 0 heterocycles. The topological polar surface area (TPSA) is 47.3 Å². The second kappa shape index (κ2) is 6.72. The lowest BCUT2D eigenvalue weighted by molar-refractivity contribution is -0.138. The minimum absolute atomic E-state index is 0.0941. The van der Waals surface area contributed by atoms with Crippen LogP contribution in [0.1, 0.15) is 17.2 Å². The van der Waals surface area contributed by atoms with Crippen LogP contribution in [0.5, 0.6) is 0 Å². The van der Waals surface area contributed by atoms with Gasteiger partial charge in [0.15, 0.2) is 0 Å². The van der Waals surface area contributed by atoms with Gasteiger partial charge in [0.2, 0.25) is 0 Å². The molecule has 6 heteroatoms. The van der Waals surface area contributed by atoms with E-state index < -0.39 is 17.8 Å². The Bertz CT molecular complexity index is 369. The van der Waals surface area contributed by atoms with Gasteiger partial charge in [0.25, 0.3) is 0 Å². The highest BCUT2D eigenvalue weighted by atomic mass is 19.4. The maximum absolute atomic E-state index is 12.8. The summed E-state index contributed by atoms with van der Waals surface area (Å²) in [7, 11) is 1.53. The Labute approximate surface area is 104 Å². The molecule has 1 aromatic carbocycles. The van der Waals surface area contributed by atoms with Crippen molar-refractivity contribution in [1.29, 1.82) is 0 Å². The van der Waals surface area contributed by atoms with Crippen LogP contribution < -0.4 is 11.1 Å². The zero-order valence-electron chi connectivity index (χ0n) is 10.1. The second-order valence-electron chi connectivity index (χ2n) is 3.82. The van der Waals surface area contributed by atoms with Crippen LogP contribution in [-0.4, -0.2) is 26.8 Å². The Morgan fingerprint density at radius 2 is 2.00 bits per heavy atom. The molecule has 18 heavy (non-hydrogen) atoms. The van der Waals surface area contributed by atoms with Crippen molar-refractivity contribution in [2.75, 3.05) is 26.8 Å². The molecule has 0 spiro atoms. The molecule has 0 aliphatic carbocycles. The second-order valence-corrected chi connectivity index (χ2v) is 3.82. The minimum atomic E-state index is -4.37. The SMILES string of the molecule is COCCNC(CN)c1ccccc1C(F)(F)F. The fourth-order valence-electron chi connectivity index (χ4n) is 1.71. The summed E-state index contributed by atoms with van der Waals surface area (Å²) in [4.78, 5) is 0. The van der Waals surface area contributed by atoms with Crippen LogP contribution in [0, 0.1) is 0 Å². The number of halogens is 3. The van der Waals surface area contributed by atoms with Crippen LogP contribution in [-0.2, 0) is 10.9 Å². The molecular weight excluding hydrogens is 245 g/mol. The predicted molar refractivity (Wildman–Crippen MR) is 63.1 cm³/mol. The maximum atomic E-state index is 12.8. The molecule has 0 bridgehead atoms. The Hall–Kier alpha value is -1.11. The molecule has 0 aliphatic rings. The van der Waals surface area contributed by atoms with Gasteiger partial charge in [-0.05, 0) is 11.6 Å². The van der Waals surface area contributed by atoms with E-state index in [1.54, 1.807) is 6.07 Å². The quantitative estimate of drug-likeness (QED) is 0.770. The third kappa shape index (κ3) is 3.97. The number of rotatable bonds is 6. The van der Waals surface area contributed by atoms with Crippen molar-refractivity contribution in [3.05, 3.63) is 35.4 Å². The molecule has 0 saturated carbocycles. The molecule has 0 fully saturated rings. The normalized spacial score (nSPS) is 13.6. The van der Waals surface area contributed by atoms with Crippen LogP contribution in [0.3, 0.4) is 0 Å². The molecule has 0 radical (unpaired) electrons. The third-order valence-corrected chi connectivity index (χ3v) is 2.57. The number of methoxy groups -OCH3 is 1. The van der Waals surface area contributed by atoms with Crippen LogP contribution in [0.4, 0.5) is 13.2 Å². The smallest absolute Gasteiger partial charge is 0.383 e. The molecule has 1 atom stereocenters. The van der Waals surface area contributed by atoms with Gasteiger partial charge in [-0.15, -0.1) is 0 Å². The van der Waals surface area contributed by atoms with Gasteiger partial charge >= 0.3 is 6.18 Å². The number of nitrogens with two attached hydrogens (primary N) is 1. The van der Waals surface area contributed by atoms with E-state index in [0.29, 0.717) is 13.2 Å². The molecular formula is C12H17F3N2O. The van der Waals surface area contributed by atoms with Gasteiger partial charge < -0.3 is 15.8 Å². The number of hydrogen-bond acceptors (Lipinski definition) is 3. The fourth-order valence-corrected chi connectivity index (χ4v) is 1.71. The van der Waals surface area contributed by atoms with Gasteiger partial charge in [-0.25, -0.2) is 0 Å². The van der Waals surface area contributed by atoms with E-state index in [1.807, 2.05) is 0 Å². The summed E-state index contributed by atoms with van der Waals surface area (Å²) in [6.07, 6.45) is -4.37. The highest BCUT2D eigenvalue weighted by Gasteiger charge is 2.34. The number of ether oxygens (including phenoxy) is 1. The standard InChI is InChI=1S/C12H17F3N2O/c1-18-7-6-17-11(8-16)9-4-2-3-5-10(9)12(13,14)15/h2-5,11,17H,6-8,16H2,1H3. The van der Waals surface area contributed by atoms with E-state index in [9.17, 15) is 13.2 Å². The largest absolute Gasteiger partial charge is 0.416 e.